The number of hydrogen-bond acceptors (Lipinski definition) is 2. The van der Waals surface area contributed by atoms with Crippen molar-refractivity contribution in [1.29, 1.82) is 0 Å². The summed E-state index contributed by atoms with van der Waals surface area (Å²) in [5.74, 6) is 2.25. The van der Waals surface area contributed by atoms with Crippen molar-refractivity contribution in [3.63, 3.8) is 0 Å². The Hall–Kier alpha value is -2.73. The highest BCUT2D eigenvalue weighted by Gasteiger charge is 2.06. The molecule has 0 saturated heterocycles. The second-order valence-electron chi connectivity index (χ2n) is 4.53. The van der Waals surface area contributed by atoms with Crippen molar-refractivity contribution in [3.05, 3.63) is 48.0 Å². The first-order chi connectivity index (χ1) is 10.2. The largest absolute Gasteiger partial charge is 0.493 e. The molecule has 0 radical (unpaired) electrons. The van der Waals surface area contributed by atoms with E-state index in [1.54, 1.807) is 6.08 Å². The van der Waals surface area contributed by atoms with Gasteiger partial charge in [0.2, 0.25) is 0 Å². The Kier molecular flexibility index (Phi) is 5.00. The second-order valence-corrected chi connectivity index (χ2v) is 4.53. The van der Waals surface area contributed by atoms with E-state index in [0.29, 0.717) is 18.8 Å². The van der Waals surface area contributed by atoms with Crippen molar-refractivity contribution >= 4 is 22.8 Å². The molecule has 0 fully saturated rings. The SMILES string of the molecule is C#CCCCOc1ccc2ccccc2c1/C=C/C(=O)O. The maximum Gasteiger partial charge on any atom is 0.328 e. The minimum absolute atomic E-state index is 0.510. The fourth-order valence-electron chi connectivity index (χ4n) is 2.08. The van der Waals surface area contributed by atoms with Crippen LogP contribution >= 0.6 is 0 Å². The van der Waals surface area contributed by atoms with E-state index in [1.165, 1.54) is 0 Å². The summed E-state index contributed by atoms with van der Waals surface area (Å²) < 4.78 is 5.74. The second kappa shape index (κ2) is 7.16. The van der Waals surface area contributed by atoms with E-state index in [0.717, 1.165) is 28.8 Å². The van der Waals surface area contributed by atoms with Crippen molar-refractivity contribution < 1.29 is 14.6 Å². The Morgan fingerprint density at radius 2 is 2.10 bits per heavy atom. The monoisotopic (exact) mass is 280 g/mol. The van der Waals surface area contributed by atoms with Gasteiger partial charge in [0.05, 0.1) is 6.61 Å². The molecule has 0 amide bonds. The third-order valence-corrected chi connectivity index (χ3v) is 3.05. The van der Waals surface area contributed by atoms with E-state index in [-0.39, 0.29) is 0 Å². The molecule has 0 heterocycles. The lowest BCUT2D eigenvalue weighted by atomic mass is 10.0. The number of carboxylic acids is 1. The summed E-state index contributed by atoms with van der Waals surface area (Å²) in [5.41, 5.74) is 0.774. The van der Waals surface area contributed by atoms with Gasteiger partial charge in [0, 0.05) is 18.1 Å². The van der Waals surface area contributed by atoms with E-state index < -0.39 is 5.97 Å². The fourth-order valence-corrected chi connectivity index (χ4v) is 2.08. The lowest BCUT2D eigenvalue weighted by Crippen LogP contribution is -1.99. The third kappa shape index (κ3) is 3.87. The summed E-state index contributed by atoms with van der Waals surface area (Å²) in [5, 5.41) is 10.8. The molecule has 0 aromatic heterocycles. The van der Waals surface area contributed by atoms with Crippen LogP contribution < -0.4 is 4.74 Å². The molecule has 2 rings (SSSR count). The fraction of sp³-hybridized carbons (Fsp3) is 0.167. The standard InChI is InChI=1S/C18H16O3/c1-2-3-6-13-21-17-11-9-14-7-4-5-8-15(14)16(17)10-12-18(19)20/h1,4-5,7-12H,3,6,13H2,(H,19,20)/b12-10+. The number of aliphatic carboxylic acids is 1. The molecule has 0 aliphatic heterocycles. The van der Waals surface area contributed by atoms with E-state index in [4.69, 9.17) is 16.3 Å². The van der Waals surface area contributed by atoms with Gasteiger partial charge in [-0.15, -0.1) is 12.3 Å². The van der Waals surface area contributed by atoms with Crippen LogP contribution in [-0.2, 0) is 4.79 Å². The number of unbranched alkanes of at least 4 members (excludes halogenated alkanes) is 1. The molecule has 2 aromatic rings. The molecule has 0 saturated carbocycles. The Balaban J connectivity index is 2.36. The van der Waals surface area contributed by atoms with Gasteiger partial charge in [-0.25, -0.2) is 4.79 Å². The van der Waals surface area contributed by atoms with Gasteiger partial charge in [-0.3, -0.25) is 0 Å². The first-order valence-electron chi connectivity index (χ1n) is 6.71. The van der Waals surface area contributed by atoms with Gasteiger partial charge in [0.25, 0.3) is 0 Å². The van der Waals surface area contributed by atoms with Gasteiger partial charge in [-0.05, 0) is 29.3 Å². The number of terminal acetylenes is 1. The van der Waals surface area contributed by atoms with Crippen LogP contribution in [-0.4, -0.2) is 17.7 Å². The van der Waals surface area contributed by atoms with Crippen LogP contribution in [0.5, 0.6) is 5.75 Å². The van der Waals surface area contributed by atoms with Crippen molar-refractivity contribution in [2.45, 2.75) is 12.8 Å². The number of fused-ring (bicyclic) bond motifs is 1. The maximum absolute atomic E-state index is 10.8. The molecule has 0 spiro atoms. The molecule has 2 aromatic carbocycles. The number of carbonyl (C=O) groups is 1. The topological polar surface area (TPSA) is 46.5 Å². The summed E-state index contributed by atoms with van der Waals surface area (Å²) in [6.07, 6.45) is 9.33. The Labute approximate surface area is 123 Å². The number of rotatable bonds is 6. The van der Waals surface area contributed by atoms with Crippen LogP contribution in [0, 0.1) is 12.3 Å². The van der Waals surface area contributed by atoms with Crippen molar-refractivity contribution in [3.8, 4) is 18.1 Å². The Morgan fingerprint density at radius 1 is 1.29 bits per heavy atom. The molecular weight excluding hydrogens is 264 g/mol. The molecule has 0 aliphatic carbocycles. The normalized spacial score (nSPS) is 10.6. The van der Waals surface area contributed by atoms with E-state index in [2.05, 4.69) is 5.92 Å². The van der Waals surface area contributed by atoms with E-state index >= 15 is 0 Å². The maximum atomic E-state index is 10.8. The Bertz CT molecular complexity index is 708. The highest BCUT2D eigenvalue weighted by atomic mass is 16.5. The van der Waals surface area contributed by atoms with Gasteiger partial charge in [-0.1, -0.05) is 30.3 Å². The molecular formula is C18H16O3. The molecule has 0 unspecified atom stereocenters. The van der Waals surface area contributed by atoms with Crippen LogP contribution in [0.25, 0.3) is 16.8 Å². The van der Waals surface area contributed by atoms with Gasteiger partial charge in [-0.2, -0.15) is 0 Å². The predicted molar refractivity (Wildman–Crippen MR) is 84.2 cm³/mol. The molecule has 0 aliphatic rings. The Morgan fingerprint density at radius 3 is 2.86 bits per heavy atom. The van der Waals surface area contributed by atoms with Gasteiger partial charge in [0.1, 0.15) is 5.75 Å². The predicted octanol–water partition coefficient (Wildman–Crippen LogP) is 3.73. The highest BCUT2D eigenvalue weighted by Crippen LogP contribution is 2.29. The van der Waals surface area contributed by atoms with Crippen LogP contribution in [0.1, 0.15) is 18.4 Å². The summed E-state index contributed by atoms with van der Waals surface area (Å²) in [6.45, 7) is 0.510. The van der Waals surface area contributed by atoms with Gasteiger partial charge in [0.15, 0.2) is 0 Å². The summed E-state index contributed by atoms with van der Waals surface area (Å²) in [6, 6.07) is 11.6. The highest BCUT2D eigenvalue weighted by molar-refractivity contribution is 5.96. The average Bonchev–Trinajstić information content (AvgIpc) is 2.49. The number of benzene rings is 2. The zero-order valence-electron chi connectivity index (χ0n) is 11.6. The van der Waals surface area contributed by atoms with Gasteiger partial charge < -0.3 is 9.84 Å². The molecule has 3 nitrogen and oxygen atoms in total. The molecule has 21 heavy (non-hydrogen) atoms. The molecule has 0 bridgehead atoms. The van der Waals surface area contributed by atoms with E-state index in [1.807, 2.05) is 36.4 Å². The van der Waals surface area contributed by atoms with Crippen LogP contribution in [0.4, 0.5) is 0 Å². The van der Waals surface area contributed by atoms with E-state index in [9.17, 15) is 4.79 Å². The van der Waals surface area contributed by atoms with Crippen molar-refractivity contribution in [1.82, 2.24) is 0 Å². The number of ether oxygens (including phenoxy) is 1. The van der Waals surface area contributed by atoms with Gasteiger partial charge >= 0.3 is 5.97 Å². The first-order valence-corrected chi connectivity index (χ1v) is 6.71. The summed E-state index contributed by atoms with van der Waals surface area (Å²) in [4.78, 5) is 10.8. The molecule has 106 valence electrons. The zero-order chi connectivity index (χ0) is 15.1. The zero-order valence-corrected chi connectivity index (χ0v) is 11.6. The minimum atomic E-state index is -0.985. The average molecular weight is 280 g/mol. The van der Waals surface area contributed by atoms with Crippen LogP contribution in [0.3, 0.4) is 0 Å². The lowest BCUT2D eigenvalue weighted by molar-refractivity contribution is -0.131. The van der Waals surface area contributed by atoms with Crippen LogP contribution in [0.2, 0.25) is 0 Å². The smallest absolute Gasteiger partial charge is 0.328 e. The van der Waals surface area contributed by atoms with Crippen LogP contribution in [0.15, 0.2) is 42.5 Å². The lowest BCUT2D eigenvalue weighted by Gasteiger charge is -2.11. The third-order valence-electron chi connectivity index (χ3n) is 3.05. The number of carboxylic acid groups (broad SMARTS) is 1. The first kappa shape index (κ1) is 14.7. The molecule has 1 N–H and O–H groups in total. The minimum Gasteiger partial charge on any atom is -0.493 e. The van der Waals surface area contributed by atoms with Crippen molar-refractivity contribution in [2.75, 3.05) is 6.61 Å². The number of hydrogen-bond donors (Lipinski definition) is 1. The summed E-state index contributed by atoms with van der Waals surface area (Å²) >= 11 is 0. The molecule has 0 atom stereocenters. The quantitative estimate of drug-likeness (QED) is 0.498. The summed E-state index contributed by atoms with van der Waals surface area (Å²) in [7, 11) is 0. The molecule has 3 heteroatoms. The van der Waals surface area contributed by atoms with Crippen molar-refractivity contribution in [2.24, 2.45) is 0 Å².